The van der Waals surface area contributed by atoms with E-state index < -0.39 is 0 Å². The third kappa shape index (κ3) is 2.09. The van der Waals surface area contributed by atoms with Gasteiger partial charge in [0.15, 0.2) is 0 Å². The van der Waals surface area contributed by atoms with Gasteiger partial charge >= 0.3 is 0 Å². The molecule has 2 unspecified atom stereocenters. The lowest BCUT2D eigenvalue weighted by molar-refractivity contribution is 0.625. The molecule has 0 bridgehead atoms. The van der Waals surface area contributed by atoms with Crippen molar-refractivity contribution in [2.24, 2.45) is 5.92 Å². The van der Waals surface area contributed by atoms with Crippen LogP contribution < -0.4 is 10.6 Å². The van der Waals surface area contributed by atoms with Crippen LogP contribution in [0.2, 0.25) is 0 Å². The highest BCUT2D eigenvalue weighted by Gasteiger charge is 2.26. The van der Waals surface area contributed by atoms with Crippen LogP contribution in [0.1, 0.15) is 25.8 Å². The molecule has 1 aromatic rings. The van der Waals surface area contributed by atoms with E-state index >= 15 is 0 Å². The van der Waals surface area contributed by atoms with Gasteiger partial charge in [0.2, 0.25) is 0 Å². The first-order valence-electron chi connectivity index (χ1n) is 5.70. The minimum absolute atomic E-state index is 0.640. The van der Waals surface area contributed by atoms with Crippen molar-refractivity contribution in [3.8, 4) is 0 Å². The fourth-order valence-electron chi connectivity index (χ4n) is 2.62. The largest absolute Gasteiger partial charge is 0.399 e. The number of benzene rings is 1. The summed E-state index contributed by atoms with van der Waals surface area (Å²) in [6.45, 7) is 7.87. The van der Waals surface area contributed by atoms with Crippen molar-refractivity contribution in [3.05, 3.63) is 23.8 Å². The number of aryl methyl sites for hydroxylation is 1. The Balaban J connectivity index is 2.29. The molecule has 0 radical (unpaired) electrons. The molecule has 0 aliphatic carbocycles. The normalized spacial score (nSPS) is 25.9. The summed E-state index contributed by atoms with van der Waals surface area (Å²) in [6.07, 6.45) is 1.29. The van der Waals surface area contributed by atoms with Crippen LogP contribution in [-0.4, -0.2) is 12.6 Å². The first-order chi connectivity index (χ1) is 7.06. The first-order valence-corrected chi connectivity index (χ1v) is 5.70. The van der Waals surface area contributed by atoms with Crippen LogP contribution >= 0.6 is 0 Å². The molecule has 2 heteroatoms. The van der Waals surface area contributed by atoms with Crippen molar-refractivity contribution in [2.45, 2.75) is 33.2 Å². The average molecular weight is 204 g/mol. The molecule has 1 aliphatic heterocycles. The Labute approximate surface area is 92.1 Å². The highest BCUT2D eigenvalue weighted by atomic mass is 15.2. The Hall–Kier alpha value is -1.18. The maximum atomic E-state index is 5.88. The third-order valence-corrected chi connectivity index (χ3v) is 3.20. The molecule has 0 aromatic heterocycles. The minimum Gasteiger partial charge on any atom is -0.399 e. The molecule has 82 valence electrons. The fourth-order valence-corrected chi connectivity index (χ4v) is 2.62. The van der Waals surface area contributed by atoms with Crippen LogP contribution in [0.4, 0.5) is 11.4 Å². The second kappa shape index (κ2) is 3.76. The van der Waals surface area contributed by atoms with Gasteiger partial charge in [0.25, 0.3) is 0 Å². The van der Waals surface area contributed by atoms with E-state index in [-0.39, 0.29) is 0 Å². The zero-order chi connectivity index (χ0) is 11.0. The third-order valence-electron chi connectivity index (χ3n) is 3.20. The molecule has 2 N–H and O–H groups in total. The number of hydrogen-bond donors (Lipinski definition) is 1. The maximum absolute atomic E-state index is 5.88. The summed E-state index contributed by atoms with van der Waals surface area (Å²) < 4.78 is 0. The number of hydrogen-bond acceptors (Lipinski definition) is 2. The highest BCUT2D eigenvalue weighted by Crippen LogP contribution is 2.30. The van der Waals surface area contributed by atoms with Gasteiger partial charge < -0.3 is 10.6 Å². The second-order valence-electron chi connectivity index (χ2n) is 4.94. The van der Waals surface area contributed by atoms with Gasteiger partial charge in [-0.3, -0.25) is 0 Å². The van der Waals surface area contributed by atoms with Crippen LogP contribution in [0, 0.1) is 12.8 Å². The highest BCUT2D eigenvalue weighted by molar-refractivity contribution is 5.59. The second-order valence-corrected chi connectivity index (χ2v) is 4.94. The van der Waals surface area contributed by atoms with Crippen molar-refractivity contribution in [2.75, 3.05) is 17.2 Å². The van der Waals surface area contributed by atoms with Crippen molar-refractivity contribution < 1.29 is 0 Å². The molecule has 2 nitrogen and oxygen atoms in total. The predicted molar refractivity (Wildman–Crippen MR) is 66.2 cm³/mol. The van der Waals surface area contributed by atoms with Gasteiger partial charge in [-0.2, -0.15) is 0 Å². The molecule has 2 atom stereocenters. The number of rotatable bonds is 1. The van der Waals surface area contributed by atoms with Gasteiger partial charge in [0.05, 0.1) is 0 Å². The van der Waals surface area contributed by atoms with Crippen molar-refractivity contribution in [1.29, 1.82) is 0 Å². The zero-order valence-electron chi connectivity index (χ0n) is 9.83. The average Bonchev–Trinajstić information content (AvgIpc) is 2.43. The molecule has 1 fully saturated rings. The van der Waals surface area contributed by atoms with E-state index in [1.165, 1.54) is 17.7 Å². The molecule has 1 aliphatic rings. The van der Waals surface area contributed by atoms with Crippen LogP contribution in [0.25, 0.3) is 0 Å². The smallest absolute Gasteiger partial charge is 0.0392 e. The van der Waals surface area contributed by atoms with Gasteiger partial charge in [0.1, 0.15) is 0 Å². The van der Waals surface area contributed by atoms with Crippen LogP contribution in [0.5, 0.6) is 0 Å². The summed E-state index contributed by atoms with van der Waals surface area (Å²) in [5, 5.41) is 0. The quantitative estimate of drug-likeness (QED) is 0.713. The van der Waals surface area contributed by atoms with Gasteiger partial charge in [0, 0.05) is 24.0 Å². The lowest BCUT2D eigenvalue weighted by Gasteiger charge is -2.24. The summed E-state index contributed by atoms with van der Waals surface area (Å²) >= 11 is 0. The molecule has 0 spiro atoms. The fraction of sp³-hybridized carbons (Fsp3) is 0.538. The number of anilines is 2. The molecule has 0 saturated carbocycles. The first kappa shape index (κ1) is 10.3. The monoisotopic (exact) mass is 204 g/mol. The lowest BCUT2D eigenvalue weighted by atomic mass is 10.1. The van der Waals surface area contributed by atoms with Crippen LogP contribution in [-0.2, 0) is 0 Å². The summed E-state index contributed by atoms with van der Waals surface area (Å²) in [6, 6.07) is 6.97. The standard InChI is InChI=1S/C13H20N2/c1-9-5-12(14)7-13(6-9)15-8-10(2)4-11(15)3/h5-7,10-11H,4,8,14H2,1-3H3. The van der Waals surface area contributed by atoms with Gasteiger partial charge in [-0.05, 0) is 49.9 Å². The van der Waals surface area contributed by atoms with E-state index in [1.807, 2.05) is 6.07 Å². The van der Waals surface area contributed by atoms with Crippen molar-refractivity contribution in [3.63, 3.8) is 0 Å². The van der Waals surface area contributed by atoms with Gasteiger partial charge in [-0.1, -0.05) is 6.92 Å². The van der Waals surface area contributed by atoms with Gasteiger partial charge in [-0.15, -0.1) is 0 Å². The topological polar surface area (TPSA) is 29.3 Å². The summed E-state index contributed by atoms with van der Waals surface area (Å²) in [5.41, 5.74) is 9.28. The SMILES string of the molecule is Cc1cc(N)cc(N2CC(C)CC2C)c1. The van der Waals surface area contributed by atoms with E-state index in [9.17, 15) is 0 Å². The Morgan fingerprint density at radius 3 is 2.53 bits per heavy atom. The molecular weight excluding hydrogens is 184 g/mol. The van der Waals surface area contributed by atoms with E-state index in [2.05, 4.69) is 37.8 Å². The zero-order valence-corrected chi connectivity index (χ0v) is 9.83. The Morgan fingerprint density at radius 2 is 2.00 bits per heavy atom. The number of nitrogens with two attached hydrogens (primary N) is 1. The molecule has 0 amide bonds. The van der Waals surface area contributed by atoms with Crippen LogP contribution in [0.3, 0.4) is 0 Å². The Kier molecular flexibility index (Phi) is 2.59. The summed E-state index contributed by atoms with van der Waals surface area (Å²) in [4.78, 5) is 2.47. The van der Waals surface area contributed by atoms with Crippen molar-refractivity contribution in [1.82, 2.24) is 0 Å². The Bertz CT molecular complexity index is 339. The lowest BCUT2D eigenvalue weighted by Crippen LogP contribution is -2.26. The van der Waals surface area contributed by atoms with E-state index in [0.29, 0.717) is 6.04 Å². The molecular formula is C13H20N2. The maximum Gasteiger partial charge on any atom is 0.0392 e. The van der Waals surface area contributed by atoms with E-state index in [4.69, 9.17) is 5.73 Å². The molecule has 1 heterocycles. The number of nitrogens with zero attached hydrogens (tertiary/aromatic N) is 1. The molecule has 15 heavy (non-hydrogen) atoms. The molecule has 1 saturated heterocycles. The molecule has 1 aromatic carbocycles. The Morgan fingerprint density at radius 1 is 1.27 bits per heavy atom. The van der Waals surface area contributed by atoms with Crippen molar-refractivity contribution >= 4 is 11.4 Å². The summed E-state index contributed by atoms with van der Waals surface area (Å²) in [7, 11) is 0. The van der Waals surface area contributed by atoms with E-state index in [1.54, 1.807) is 0 Å². The van der Waals surface area contributed by atoms with E-state index in [0.717, 1.165) is 18.2 Å². The van der Waals surface area contributed by atoms with Crippen LogP contribution in [0.15, 0.2) is 18.2 Å². The van der Waals surface area contributed by atoms with Gasteiger partial charge in [-0.25, -0.2) is 0 Å². The minimum atomic E-state index is 0.640. The number of nitrogen functional groups attached to an aromatic ring is 1. The summed E-state index contributed by atoms with van der Waals surface area (Å²) in [5.74, 6) is 0.793. The predicted octanol–water partition coefficient (Wildman–Crippen LogP) is 2.81. The molecule has 2 rings (SSSR count).